The van der Waals surface area contributed by atoms with Crippen molar-refractivity contribution in [3.63, 3.8) is 0 Å². The van der Waals surface area contributed by atoms with Gasteiger partial charge in [0.1, 0.15) is 5.60 Å². The Kier molecular flexibility index (Phi) is 4.99. The molecule has 3 saturated heterocycles. The summed E-state index contributed by atoms with van der Waals surface area (Å²) in [6, 6.07) is 0. The Morgan fingerprint density at radius 1 is 0.938 bits per heavy atom. The largest absolute Gasteiger partial charge is 0.465 e. The first-order valence-electron chi connectivity index (χ1n) is 12.2. The molecular weight excluding hydrogens is 412 g/mol. The normalized spacial score (nSPS) is 50.1. The lowest BCUT2D eigenvalue weighted by Crippen LogP contribution is -2.44. The Morgan fingerprint density at radius 2 is 1.66 bits per heavy atom. The summed E-state index contributed by atoms with van der Waals surface area (Å²) in [6.07, 6.45) is 2.91. The second kappa shape index (κ2) is 7.29. The molecule has 10 atom stereocenters. The molecular formula is C25H34O7. The van der Waals surface area contributed by atoms with E-state index in [1.165, 1.54) is 0 Å². The second-order valence-electron chi connectivity index (χ2n) is 11.6. The number of carbonyl (C=O) groups is 4. The van der Waals surface area contributed by atoms with Crippen molar-refractivity contribution in [3.05, 3.63) is 0 Å². The van der Waals surface area contributed by atoms with E-state index in [1.807, 2.05) is 6.92 Å². The van der Waals surface area contributed by atoms with Gasteiger partial charge < -0.3 is 14.2 Å². The molecule has 3 heterocycles. The maximum absolute atomic E-state index is 13.0. The molecule has 7 nitrogen and oxygen atoms in total. The van der Waals surface area contributed by atoms with E-state index in [-0.39, 0.29) is 30.7 Å². The molecule has 0 aromatic carbocycles. The monoisotopic (exact) mass is 446 g/mol. The molecule has 32 heavy (non-hydrogen) atoms. The molecule has 5 fully saturated rings. The molecule has 10 unspecified atom stereocenters. The first kappa shape index (κ1) is 21.9. The molecule has 3 aliphatic heterocycles. The van der Waals surface area contributed by atoms with Crippen LogP contribution in [-0.2, 0) is 33.4 Å². The SMILES string of the molecule is CC1C(C)C2CC1C(C)C2C1C(=O)OC(=O)C1CC1(CC2(C)CCOC2=O)CCC(=O)O1. The van der Waals surface area contributed by atoms with Gasteiger partial charge in [-0.2, -0.15) is 0 Å². The number of hydrogen-bond donors (Lipinski definition) is 0. The van der Waals surface area contributed by atoms with Crippen molar-refractivity contribution in [2.45, 2.75) is 71.8 Å². The van der Waals surface area contributed by atoms with Crippen LogP contribution in [0.4, 0.5) is 0 Å². The number of ether oxygens (including phenoxy) is 3. The topological polar surface area (TPSA) is 96.0 Å². The van der Waals surface area contributed by atoms with Crippen LogP contribution in [0.25, 0.3) is 0 Å². The Balaban J connectivity index is 1.44. The van der Waals surface area contributed by atoms with Crippen molar-refractivity contribution in [2.24, 2.45) is 52.8 Å². The number of hydrogen-bond acceptors (Lipinski definition) is 7. The quantitative estimate of drug-likeness (QED) is 0.363. The van der Waals surface area contributed by atoms with Gasteiger partial charge in [0.2, 0.25) is 0 Å². The van der Waals surface area contributed by atoms with Gasteiger partial charge in [-0.25, -0.2) is 0 Å². The third-order valence-electron chi connectivity index (χ3n) is 9.92. The summed E-state index contributed by atoms with van der Waals surface area (Å²) in [5.41, 5.74) is -1.70. The summed E-state index contributed by atoms with van der Waals surface area (Å²) in [4.78, 5) is 50.5. The predicted octanol–water partition coefficient (Wildman–Crippen LogP) is 3.29. The lowest BCUT2D eigenvalue weighted by molar-refractivity contribution is -0.161. The summed E-state index contributed by atoms with van der Waals surface area (Å²) in [5.74, 6) is -0.106. The van der Waals surface area contributed by atoms with Crippen molar-refractivity contribution >= 4 is 23.9 Å². The third-order valence-corrected chi connectivity index (χ3v) is 9.92. The van der Waals surface area contributed by atoms with E-state index >= 15 is 0 Å². The maximum atomic E-state index is 13.0. The second-order valence-corrected chi connectivity index (χ2v) is 11.6. The summed E-state index contributed by atoms with van der Waals surface area (Å²) < 4.78 is 16.3. The standard InChI is InChI=1S/C25H34O7/c1-12-13(2)16-9-15(12)14(3)19(16)20-17(21(27)31-22(20)28)10-25(6-5-18(26)32-25)11-24(4)7-8-30-23(24)29/h12-17,19-20H,5-11H2,1-4H3. The van der Waals surface area contributed by atoms with Crippen molar-refractivity contribution in [1.29, 1.82) is 0 Å². The Labute approximate surface area is 188 Å². The minimum atomic E-state index is -0.943. The minimum Gasteiger partial charge on any atom is -0.465 e. The number of rotatable bonds is 5. The molecule has 0 spiro atoms. The van der Waals surface area contributed by atoms with Crippen LogP contribution in [0, 0.1) is 52.8 Å². The molecule has 5 rings (SSSR count). The fraction of sp³-hybridized carbons (Fsp3) is 0.840. The van der Waals surface area contributed by atoms with Gasteiger partial charge in [-0.3, -0.25) is 19.2 Å². The summed E-state index contributed by atoms with van der Waals surface area (Å²) in [5, 5.41) is 0. The fourth-order valence-electron chi connectivity index (χ4n) is 8.11. The average molecular weight is 447 g/mol. The molecule has 0 aromatic rings. The molecule has 176 valence electrons. The van der Waals surface area contributed by atoms with Crippen LogP contribution in [-0.4, -0.2) is 36.1 Å². The van der Waals surface area contributed by atoms with Crippen molar-refractivity contribution in [2.75, 3.05) is 6.61 Å². The molecule has 0 amide bonds. The van der Waals surface area contributed by atoms with Gasteiger partial charge in [-0.05, 0) is 61.7 Å². The first-order chi connectivity index (χ1) is 15.1. The third kappa shape index (κ3) is 3.13. The highest BCUT2D eigenvalue weighted by Gasteiger charge is 2.63. The van der Waals surface area contributed by atoms with E-state index in [9.17, 15) is 19.2 Å². The van der Waals surface area contributed by atoms with Gasteiger partial charge in [-0.1, -0.05) is 20.8 Å². The zero-order valence-electron chi connectivity index (χ0n) is 19.4. The van der Waals surface area contributed by atoms with Gasteiger partial charge in [0.05, 0.1) is 23.9 Å². The number of fused-ring (bicyclic) bond motifs is 2. The maximum Gasteiger partial charge on any atom is 0.317 e. The molecule has 5 aliphatic rings. The molecule has 2 saturated carbocycles. The van der Waals surface area contributed by atoms with Crippen molar-refractivity contribution in [3.8, 4) is 0 Å². The highest BCUT2D eigenvalue weighted by Crippen LogP contribution is 2.62. The summed E-state index contributed by atoms with van der Waals surface area (Å²) >= 11 is 0. The first-order valence-corrected chi connectivity index (χ1v) is 12.2. The highest BCUT2D eigenvalue weighted by molar-refractivity contribution is 5.96. The van der Waals surface area contributed by atoms with Gasteiger partial charge in [0, 0.05) is 19.3 Å². The highest BCUT2D eigenvalue weighted by atomic mass is 16.6. The number of cyclic esters (lactones) is 4. The number of esters is 4. The molecule has 0 radical (unpaired) electrons. The van der Waals surface area contributed by atoms with E-state index in [0.717, 1.165) is 6.42 Å². The van der Waals surface area contributed by atoms with Crippen LogP contribution in [0.3, 0.4) is 0 Å². The fourth-order valence-corrected chi connectivity index (χ4v) is 8.11. The molecule has 0 aromatic heterocycles. The van der Waals surface area contributed by atoms with E-state index < -0.39 is 34.8 Å². The molecule has 0 N–H and O–H groups in total. The lowest BCUT2D eigenvalue weighted by Gasteiger charge is -2.41. The van der Waals surface area contributed by atoms with Crippen LogP contribution in [0.2, 0.25) is 0 Å². The van der Waals surface area contributed by atoms with Crippen molar-refractivity contribution < 1.29 is 33.4 Å². The predicted molar refractivity (Wildman–Crippen MR) is 112 cm³/mol. The zero-order chi connectivity index (χ0) is 23.0. The van der Waals surface area contributed by atoms with Crippen LogP contribution < -0.4 is 0 Å². The van der Waals surface area contributed by atoms with Crippen LogP contribution in [0.5, 0.6) is 0 Å². The molecule has 2 aliphatic carbocycles. The van der Waals surface area contributed by atoms with Crippen molar-refractivity contribution in [1.82, 2.24) is 0 Å². The smallest absolute Gasteiger partial charge is 0.317 e. The van der Waals surface area contributed by atoms with E-state index in [1.54, 1.807) is 0 Å². The van der Waals surface area contributed by atoms with Gasteiger partial charge in [0.25, 0.3) is 0 Å². The van der Waals surface area contributed by atoms with E-state index in [4.69, 9.17) is 14.2 Å². The zero-order valence-corrected chi connectivity index (χ0v) is 19.4. The Morgan fingerprint density at radius 3 is 2.25 bits per heavy atom. The van der Waals surface area contributed by atoms with E-state index in [2.05, 4.69) is 20.8 Å². The minimum absolute atomic E-state index is 0.108. The summed E-state index contributed by atoms with van der Waals surface area (Å²) in [6.45, 7) is 8.97. The lowest BCUT2D eigenvalue weighted by atomic mass is 9.62. The van der Waals surface area contributed by atoms with Gasteiger partial charge >= 0.3 is 23.9 Å². The Hall–Kier alpha value is -1.92. The van der Waals surface area contributed by atoms with Crippen LogP contribution in [0.1, 0.15) is 66.2 Å². The van der Waals surface area contributed by atoms with E-state index in [0.29, 0.717) is 55.5 Å². The van der Waals surface area contributed by atoms with Crippen LogP contribution in [0.15, 0.2) is 0 Å². The summed E-state index contributed by atoms with van der Waals surface area (Å²) in [7, 11) is 0. The Bertz CT molecular complexity index is 866. The molecule has 7 heteroatoms. The van der Waals surface area contributed by atoms with Gasteiger partial charge in [-0.15, -0.1) is 0 Å². The molecule has 2 bridgehead atoms. The van der Waals surface area contributed by atoms with Crippen LogP contribution >= 0.6 is 0 Å². The van der Waals surface area contributed by atoms with Gasteiger partial charge in [0.15, 0.2) is 0 Å². The number of carbonyl (C=O) groups excluding carboxylic acids is 4. The average Bonchev–Trinajstić information content (AvgIpc) is 3.47.